The molecule has 5 N–H and O–H groups in total. The van der Waals surface area contributed by atoms with E-state index in [4.69, 9.17) is 4.74 Å². The fourth-order valence-corrected chi connectivity index (χ4v) is 3.65. The van der Waals surface area contributed by atoms with Gasteiger partial charge in [0.05, 0.1) is 18.2 Å². The molecule has 0 aliphatic carbocycles. The number of aliphatic hydroxyl groups excluding tert-OH is 4. The fourth-order valence-electron chi connectivity index (χ4n) is 3.29. The fraction of sp³-hybridized carbons (Fsp3) is 0.350. The Morgan fingerprint density at radius 2 is 1.75 bits per heavy atom. The van der Waals surface area contributed by atoms with Crippen LogP contribution in [0.4, 0.5) is 0 Å². The van der Waals surface area contributed by atoms with Gasteiger partial charge in [0.2, 0.25) is 5.79 Å². The second kappa shape index (κ2) is 8.42. The third kappa shape index (κ3) is 3.92. The van der Waals surface area contributed by atoms with Crippen molar-refractivity contribution in [1.29, 1.82) is 5.26 Å². The highest BCUT2D eigenvalue weighted by atomic mass is 127. The van der Waals surface area contributed by atoms with Gasteiger partial charge in [-0.25, -0.2) is 0 Å². The summed E-state index contributed by atoms with van der Waals surface area (Å²) in [6.45, 7) is -0.654. The molecule has 28 heavy (non-hydrogen) atoms. The van der Waals surface area contributed by atoms with Gasteiger partial charge in [-0.15, -0.1) is 0 Å². The zero-order valence-electron chi connectivity index (χ0n) is 14.7. The topological polar surface area (TPSA) is 134 Å². The van der Waals surface area contributed by atoms with Crippen molar-refractivity contribution in [2.24, 2.45) is 0 Å². The molecule has 1 saturated heterocycles. The molecule has 0 spiro atoms. The Kier molecular flexibility index (Phi) is 6.36. The first-order chi connectivity index (χ1) is 13.3. The SMILES string of the molecule is N#Cc1ccc([C@]2(O)O[C@H](CO)[C@@H](O)[C@H](O)[C@H]2O)cc1Cc1ccc(I)cc1. The summed E-state index contributed by atoms with van der Waals surface area (Å²) >= 11 is 2.19. The van der Waals surface area contributed by atoms with E-state index in [1.807, 2.05) is 24.3 Å². The maximum absolute atomic E-state index is 11.0. The van der Waals surface area contributed by atoms with Crippen LogP contribution in [-0.2, 0) is 16.9 Å². The van der Waals surface area contributed by atoms with Crippen LogP contribution in [0.5, 0.6) is 0 Å². The lowest BCUT2D eigenvalue weighted by molar-refractivity contribution is -0.357. The van der Waals surface area contributed by atoms with Crippen molar-refractivity contribution < 1.29 is 30.3 Å². The summed E-state index contributed by atoms with van der Waals surface area (Å²) in [4.78, 5) is 0. The number of hydrogen-bond donors (Lipinski definition) is 5. The maximum Gasteiger partial charge on any atom is 0.222 e. The number of halogens is 1. The molecular weight excluding hydrogens is 477 g/mol. The quantitative estimate of drug-likeness (QED) is 0.386. The molecule has 0 bridgehead atoms. The number of hydrogen-bond acceptors (Lipinski definition) is 7. The van der Waals surface area contributed by atoms with E-state index in [1.54, 1.807) is 0 Å². The summed E-state index contributed by atoms with van der Waals surface area (Å²) in [6.07, 6.45) is -5.98. The van der Waals surface area contributed by atoms with E-state index in [1.165, 1.54) is 18.2 Å². The first-order valence-electron chi connectivity index (χ1n) is 8.63. The minimum atomic E-state index is -2.35. The number of nitrogens with zero attached hydrogens (tertiary/aromatic N) is 1. The third-order valence-electron chi connectivity index (χ3n) is 4.91. The van der Waals surface area contributed by atoms with E-state index in [0.717, 1.165) is 9.13 Å². The molecule has 0 radical (unpaired) electrons. The number of rotatable bonds is 4. The van der Waals surface area contributed by atoms with E-state index in [0.29, 0.717) is 17.5 Å². The Morgan fingerprint density at radius 3 is 2.36 bits per heavy atom. The van der Waals surface area contributed by atoms with Gasteiger partial charge in [-0.3, -0.25) is 0 Å². The van der Waals surface area contributed by atoms with E-state index in [-0.39, 0.29) is 5.56 Å². The van der Waals surface area contributed by atoms with Gasteiger partial charge < -0.3 is 30.3 Å². The van der Waals surface area contributed by atoms with Gasteiger partial charge in [0.1, 0.15) is 24.4 Å². The second-order valence-corrected chi connectivity index (χ2v) is 7.99. The molecule has 1 aliphatic rings. The summed E-state index contributed by atoms with van der Waals surface area (Å²) in [6, 6.07) is 14.3. The Bertz CT molecular complexity index is 881. The molecule has 2 aromatic carbocycles. The highest BCUT2D eigenvalue weighted by molar-refractivity contribution is 14.1. The first kappa shape index (κ1) is 21.1. The first-order valence-corrected chi connectivity index (χ1v) is 9.71. The van der Waals surface area contributed by atoms with Crippen molar-refractivity contribution in [1.82, 2.24) is 0 Å². The monoisotopic (exact) mass is 497 g/mol. The van der Waals surface area contributed by atoms with Gasteiger partial charge in [0.25, 0.3) is 0 Å². The highest BCUT2D eigenvalue weighted by Crippen LogP contribution is 2.37. The summed E-state index contributed by atoms with van der Waals surface area (Å²) in [5, 5.41) is 60.0. The van der Waals surface area contributed by atoms with E-state index in [9.17, 15) is 30.8 Å². The normalized spacial score (nSPS) is 30.0. The van der Waals surface area contributed by atoms with Crippen molar-refractivity contribution in [3.63, 3.8) is 0 Å². The predicted molar refractivity (Wildman–Crippen MR) is 107 cm³/mol. The van der Waals surface area contributed by atoms with Crippen LogP contribution < -0.4 is 0 Å². The molecular formula is C20H20INO6. The van der Waals surface area contributed by atoms with Crippen LogP contribution in [0.2, 0.25) is 0 Å². The van der Waals surface area contributed by atoms with E-state index < -0.39 is 36.8 Å². The maximum atomic E-state index is 11.0. The number of nitriles is 1. The van der Waals surface area contributed by atoms with Gasteiger partial charge in [-0.1, -0.05) is 18.2 Å². The van der Waals surface area contributed by atoms with Crippen molar-refractivity contribution in [2.75, 3.05) is 6.61 Å². The van der Waals surface area contributed by atoms with Crippen LogP contribution in [0.15, 0.2) is 42.5 Å². The molecule has 1 fully saturated rings. The summed E-state index contributed by atoms with van der Waals surface area (Å²) in [5.41, 5.74) is 2.07. The van der Waals surface area contributed by atoms with E-state index in [2.05, 4.69) is 28.7 Å². The van der Waals surface area contributed by atoms with Crippen LogP contribution in [0.25, 0.3) is 0 Å². The van der Waals surface area contributed by atoms with Crippen LogP contribution in [0, 0.1) is 14.9 Å². The molecule has 148 valence electrons. The molecule has 7 nitrogen and oxygen atoms in total. The Balaban J connectivity index is 2.00. The standard InChI is InChI=1S/C20H20INO6/c21-15-5-1-11(2-6-15)7-13-8-14(4-3-12(13)9-22)20(27)19(26)18(25)17(24)16(10-23)28-20/h1-6,8,16-19,23-27H,7,10H2/t16-,17-,18+,19-,20+/m1/s1. The smallest absolute Gasteiger partial charge is 0.222 e. The Labute approximate surface area is 175 Å². The minimum Gasteiger partial charge on any atom is -0.394 e. The lowest BCUT2D eigenvalue weighted by atomic mass is 9.86. The van der Waals surface area contributed by atoms with Gasteiger partial charge >= 0.3 is 0 Å². The molecule has 2 aromatic rings. The molecule has 8 heteroatoms. The Morgan fingerprint density at radius 1 is 1.07 bits per heavy atom. The van der Waals surface area contributed by atoms with Gasteiger partial charge in [-0.2, -0.15) is 5.26 Å². The van der Waals surface area contributed by atoms with Crippen molar-refractivity contribution >= 4 is 22.6 Å². The van der Waals surface area contributed by atoms with Crippen LogP contribution in [-0.4, -0.2) is 56.6 Å². The number of benzene rings is 2. The van der Waals surface area contributed by atoms with Gasteiger partial charge in [-0.05, 0) is 64.4 Å². The predicted octanol–water partition coefficient (Wildman–Crippen LogP) is 0.373. The number of aliphatic hydroxyl groups is 5. The minimum absolute atomic E-state index is 0.115. The lowest BCUT2D eigenvalue weighted by Crippen LogP contribution is -2.63. The summed E-state index contributed by atoms with van der Waals surface area (Å²) in [5.74, 6) is -2.35. The van der Waals surface area contributed by atoms with Gasteiger partial charge in [0.15, 0.2) is 0 Å². The molecule has 0 saturated carbocycles. The summed E-state index contributed by atoms with van der Waals surface area (Å²) in [7, 11) is 0. The largest absolute Gasteiger partial charge is 0.394 e. The van der Waals surface area contributed by atoms with Crippen LogP contribution >= 0.6 is 22.6 Å². The molecule has 0 aromatic heterocycles. The molecule has 0 amide bonds. The van der Waals surface area contributed by atoms with Crippen LogP contribution in [0.1, 0.15) is 22.3 Å². The zero-order chi connectivity index (χ0) is 20.5. The van der Waals surface area contributed by atoms with E-state index >= 15 is 0 Å². The number of ether oxygens (including phenoxy) is 1. The van der Waals surface area contributed by atoms with Crippen molar-refractivity contribution in [3.05, 3.63) is 68.3 Å². The molecule has 0 unspecified atom stereocenters. The zero-order valence-corrected chi connectivity index (χ0v) is 16.9. The van der Waals surface area contributed by atoms with Crippen molar-refractivity contribution in [3.8, 4) is 6.07 Å². The Hall–Kier alpha value is -1.58. The second-order valence-electron chi connectivity index (χ2n) is 6.75. The lowest BCUT2D eigenvalue weighted by Gasteiger charge is -2.45. The van der Waals surface area contributed by atoms with Crippen molar-refractivity contribution in [2.45, 2.75) is 36.6 Å². The molecule has 5 atom stereocenters. The molecule has 3 rings (SSSR count). The summed E-state index contributed by atoms with van der Waals surface area (Å²) < 4.78 is 6.44. The highest BCUT2D eigenvalue weighted by Gasteiger charge is 2.53. The third-order valence-corrected chi connectivity index (χ3v) is 5.63. The average Bonchev–Trinajstić information content (AvgIpc) is 2.71. The van der Waals surface area contributed by atoms with Crippen LogP contribution in [0.3, 0.4) is 0 Å². The molecule has 1 aliphatic heterocycles. The molecule has 1 heterocycles. The van der Waals surface area contributed by atoms with Gasteiger partial charge in [0, 0.05) is 9.13 Å². The average molecular weight is 497 g/mol.